The van der Waals surface area contributed by atoms with E-state index in [9.17, 15) is 9.59 Å². The van der Waals surface area contributed by atoms with E-state index < -0.39 is 5.92 Å². The van der Waals surface area contributed by atoms with Gasteiger partial charge in [-0.1, -0.05) is 44.9 Å². The summed E-state index contributed by atoms with van der Waals surface area (Å²) in [6.45, 7) is 10.1. The molecular formula is C30H38N2O4. The van der Waals surface area contributed by atoms with E-state index in [0.717, 1.165) is 41.7 Å². The standard InChI is InChI=1S/C30H38N2O4/c1-5-35-25-16-20-14-15-32-28(23(20)17-26(25)36-6-2)27(21-11-7-8-12-22(21)30(32)34)29(33)31-24-13-9-10-18(3)19(24)4/h7-8,11-12,16-19,24,27-28H,5-6,9-10,13-15H2,1-4H3,(H,31,33)/t18-,19+,24-,27-,28-/m1/s1. The first-order valence-corrected chi connectivity index (χ1v) is 13.6. The SMILES string of the molecule is CCOc1cc2c(cc1OCC)[C@@H]1[C@H](C(=O)N[C@@H]3CCC[C@@H](C)[C@@H]3C)c3ccccc3C(=O)N1CC2. The molecule has 1 N–H and O–H groups in total. The molecule has 2 aromatic carbocycles. The van der Waals surface area contributed by atoms with Crippen LogP contribution in [0, 0.1) is 11.8 Å². The van der Waals surface area contributed by atoms with Crippen LogP contribution in [0.3, 0.4) is 0 Å². The van der Waals surface area contributed by atoms with Crippen LogP contribution >= 0.6 is 0 Å². The van der Waals surface area contributed by atoms with Crippen LogP contribution in [-0.2, 0) is 11.2 Å². The minimum absolute atomic E-state index is 0.00296. The fraction of sp³-hybridized carbons (Fsp3) is 0.533. The summed E-state index contributed by atoms with van der Waals surface area (Å²) >= 11 is 0. The van der Waals surface area contributed by atoms with Gasteiger partial charge in [-0.15, -0.1) is 0 Å². The number of ether oxygens (including phenoxy) is 2. The van der Waals surface area contributed by atoms with Crippen molar-refractivity contribution in [2.24, 2.45) is 11.8 Å². The molecule has 2 amide bonds. The number of nitrogens with zero attached hydrogens (tertiary/aromatic N) is 1. The molecule has 2 heterocycles. The summed E-state index contributed by atoms with van der Waals surface area (Å²) in [4.78, 5) is 29.7. The van der Waals surface area contributed by atoms with E-state index in [1.807, 2.05) is 55.1 Å². The molecule has 1 saturated carbocycles. The Bertz CT molecular complexity index is 1150. The van der Waals surface area contributed by atoms with Gasteiger partial charge in [0, 0.05) is 18.2 Å². The van der Waals surface area contributed by atoms with Crippen molar-refractivity contribution in [1.29, 1.82) is 0 Å². The molecule has 0 spiro atoms. The zero-order valence-electron chi connectivity index (χ0n) is 21.9. The molecule has 0 radical (unpaired) electrons. The van der Waals surface area contributed by atoms with Gasteiger partial charge in [-0.3, -0.25) is 9.59 Å². The lowest BCUT2D eigenvalue weighted by atomic mass is 9.74. The van der Waals surface area contributed by atoms with Gasteiger partial charge in [0.1, 0.15) is 0 Å². The van der Waals surface area contributed by atoms with Gasteiger partial charge in [-0.05, 0) is 73.4 Å². The zero-order chi connectivity index (χ0) is 25.4. The molecule has 3 aliphatic rings. The molecule has 2 aliphatic heterocycles. The smallest absolute Gasteiger partial charge is 0.254 e. The van der Waals surface area contributed by atoms with Crippen molar-refractivity contribution in [3.8, 4) is 11.5 Å². The van der Waals surface area contributed by atoms with Crippen LogP contribution in [0.1, 0.15) is 86.0 Å². The Morgan fingerprint density at radius 2 is 1.75 bits per heavy atom. The highest BCUT2D eigenvalue weighted by Crippen LogP contribution is 2.48. The van der Waals surface area contributed by atoms with Gasteiger partial charge < -0.3 is 19.7 Å². The summed E-state index contributed by atoms with van der Waals surface area (Å²) < 4.78 is 11.8. The molecule has 0 unspecified atom stereocenters. The summed E-state index contributed by atoms with van der Waals surface area (Å²) in [6.07, 6.45) is 4.06. The van der Waals surface area contributed by atoms with Crippen molar-refractivity contribution in [2.75, 3.05) is 19.8 Å². The molecule has 6 heteroatoms. The zero-order valence-corrected chi connectivity index (χ0v) is 21.9. The average molecular weight is 491 g/mol. The summed E-state index contributed by atoms with van der Waals surface area (Å²) in [5.41, 5.74) is 3.56. The molecule has 1 fully saturated rings. The molecule has 5 atom stereocenters. The number of benzene rings is 2. The summed E-state index contributed by atoms with van der Waals surface area (Å²) in [7, 11) is 0. The quantitative estimate of drug-likeness (QED) is 0.600. The molecule has 6 nitrogen and oxygen atoms in total. The third kappa shape index (κ3) is 4.25. The summed E-state index contributed by atoms with van der Waals surface area (Å²) in [5, 5.41) is 3.43. The molecule has 0 aromatic heterocycles. The van der Waals surface area contributed by atoms with E-state index in [0.29, 0.717) is 42.9 Å². The van der Waals surface area contributed by atoms with Crippen molar-refractivity contribution < 1.29 is 19.1 Å². The highest BCUT2D eigenvalue weighted by Gasteiger charge is 2.47. The highest BCUT2D eigenvalue weighted by molar-refractivity contribution is 6.01. The third-order valence-electron chi connectivity index (χ3n) is 8.50. The number of rotatable bonds is 6. The number of carbonyl (C=O) groups excluding carboxylic acids is 2. The first-order chi connectivity index (χ1) is 17.4. The number of carbonyl (C=O) groups is 2. The van der Waals surface area contributed by atoms with E-state index in [4.69, 9.17) is 9.47 Å². The normalized spacial score (nSPS) is 26.9. The molecule has 36 heavy (non-hydrogen) atoms. The van der Waals surface area contributed by atoms with Crippen LogP contribution in [0.15, 0.2) is 36.4 Å². The number of amides is 2. The number of nitrogens with one attached hydrogen (secondary N) is 1. The Hall–Kier alpha value is -3.02. The Balaban J connectivity index is 1.59. The van der Waals surface area contributed by atoms with Gasteiger partial charge in [0.25, 0.3) is 5.91 Å². The van der Waals surface area contributed by atoms with Gasteiger partial charge in [-0.25, -0.2) is 0 Å². The van der Waals surface area contributed by atoms with Gasteiger partial charge in [-0.2, -0.15) is 0 Å². The van der Waals surface area contributed by atoms with Crippen molar-refractivity contribution in [3.05, 3.63) is 58.7 Å². The third-order valence-corrected chi connectivity index (χ3v) is 8.50. The second-order valence-corrected chi connectivity index (χ2v) is 10.5. The van der Waals surface area contributed by atoms with E-state index in [-0.39, 0.29) is 23.9 Å². The second-order valence-electron chi connectivity index (χ2n) is 10.5. The largest absolute Gasteiger partial charge is 0.490 e. The van der Waals surface area contributed by atoms with Crippen LogP contribution in [0.25, 0.3) is 0 Å². The second kappa shape index (κ2) is 10.2. The maximum atomic E-state index is 14.1. The Kier molecular flexibility index (Phi) is 6.96. The number of hydrogen-bond acceptors (Lipinski definition) is 4. The van der Waals surface area contributed by atoms with Crippen molar-refractivity contribution in [1.82, 2.24) is 10.2 Å². The van der Waals surface area contributed by atoms with Crippen molar-refractivity contribution in [2.45, 2.75) is 71.4 Å². The van der Waals surface area contributed by atoms with Gasteiger partial charge in [0.2, 0.25) is 5.91 Å². The lowest BCUT2D eigenvalue weighted by Gasteiger charge is -2.46. The van der Waals surface area contributed by atoms with Gasteiger partial charge in [0.05, 0.1) is 25.2 Å². The van der Waals surface area contributed by atoms with Gasteiger partial charge in [0.15, 0.2) is 11.5 Å². The first-order valence-electron chi connectivity index (χ1n) is 13.6. The predicted octanol–water partition coefficient (Wildman–Crippen LogP) is 5.26. The van der Waals surface area contributed by atoms with Crippen LogP contribution < -0.4 is 14.8 Å². The molecule has 192 valence electrons. The highest BCUT2D eigenvalue weighted by atomic mass is 16.5. The fourth-order valence-electron chi connectivity index (χ4n) is 6.41. The Labute approximate surface area is 214 Å². The Morgan fingerprint density at radius 3 is 2.50 bits per heavy atom. The van der Waals surface area contributed by atoms with Crippen LogP contribution in [-0.4, -0.2) is 42.5 Å². The number of hydrogen-bond donors (Lipinski definition) is 1. The monoisotopic (exact) mass is 490 g/mol. The van der Waals surface area contributed by atoms with E-state index in [1.165, 1.54) is 6.42 Å². The van der Waals surface area contributed by atoms with E-state index >= 15 is 0 Å². The molecule has 1 aliphatic carbocycles. The molecular weight excluding hydrogens is 452 g/mol. The number of fused-ring (bicyclic) bond motifs is 4. The summed E-state index contributed by atoms with van der Waals surface area (Å²) in [6, 6.07) is 11.5. The molecule has 5 rings (SSSR count). The minimum Gasteiger partial charge on any atom is -0.490 e. The lowest BCUT2D eigenvalue weighted by molar-refractivity contribution is -0.125. The molecule has 0 bridgehead atoms. The predicted molar refractivity (Wildman–Crippen MR) is 140 cm³/mol. The van der Waals surface area contributed by atoms with Crippen LogP contribution in [0.4, 0.5) is 0 Å². The first kappa shape index (κ1) is 24.7. The fourth-order valence-corrected chi connectivity index (χ4v) is 6.41. The lowest BCUT2D eigenvalue weighted by Crippen LogP contribution is -2.52. The van der Waals surface area contributed by atoms with Gasteiger partial charge >= 0.3 is 0 Å². The van der Waals surface area contributed by atoms with Crippen LogP contribution in [0.2, 0.25) is 0 Å². The van der Waals surface area contributed by atoms with Crippen molar-refractivity contribution in [3.63, 3.8) is 0 Å². The van der Waals surface area contributed by atoms with Crippen LogP contribution in [0.5, 0.6) is 11.5 Å². The minimum atomic E-state index is -0.477. The summed E-state index contributed by atoms with van der Waals surface area (Å²) in [5.74, 6) is 1.93. The maximum absolute atomic E-state index is 14.1. The average Bonchev–Trinajstić information content (AvgIpc) is 2.87. The van der Waals surface area contributed by atoms with E-state index in [2.05, 4.69) is 19.2 Å². The maximum Gasteiger partial charge on any atom is 0.254 e. The molecule has 2 aromatic rings. The Morgan fingerprint density at radius 1 is 1.03 bits per heavy atom. The topological polar surface area (TPSA) is 67.9 Å². The van der Waals surface area contributed by atoms with E-state index in [1.54, 1.807) is 0 Å². The molecule has 0 saturated heterocycles. The van der Waals surface area contributed by atoms with Crippen molar-refractivity contribution >= 4 is 11.8 Å².